The lowest BCUT2D eigenvalue weighted by Crippen LogP contribution is -2.05. The molecule has 0 aromatic heterocycles. The van der Waals surface area contributed by atoms with Crippen molar-refractivity contribution in [2.75, 3.05) is 12.8 Å². The monoisotopic (exact) mass is 208 g/mol. The van der Waals surface area contributed by atoms with Crippen molar-refractivity contribution in [1.82, 2.24) is 0 Å². The molecule has 0 atom stereocenters. The van der Waals surface area contributed by atoms with Crippen LogP contribution in [0.3, 0.4) is 0 Å². The van der Waals surface area contributed by atoms with E-state index in [0.717, 1.165) is 11.8 Å². The molecule has 0 aliphatic rings. The molecule has 14 heavy (non-hydrogen) atoms. The number of esters is 1. The highest BCUT2D eigenvalue weighted by molar-refractivity contribution is 8.03. The van der Waals surface area contributed by atoms with Crippen LogP contribution in [0.2, 0.25) is 0 Å². The van der Waals surface area contributed by atoms with Gasteiger partial charge >= 0.3 is 5.97 Å². The Morgan fingerprint density at radius 3 is 2.93 bits per heavy atom. The second-order valence-electron chi connectivity index (χ2n) is 2.43. The minimum atomic E-state index is -0.497. The molecule has 2 N–H and O–H groups in total. The number of nitrogens with zero attached hydrogens (tertiary/aromatic N) is 1. The summed E-state index contributed by atoms with van der Waals surface area (Å²) in [4.78, 5) is 11.9. The van der Waals surface area contributed by atoms with Crippen LogP contribution in [0.1, 0.15) is 10.4 Å². The van der Waals surface area contributed by atoms with Crippen molar-refractivity contribution in [2.45, 2.75) is 4.90 Å². The quantitative estimate of drug-likeness (QED) is 0.346. The van der Waals surface area contributed by atoms with Gasteiger partial charge in [0.15, 0.2) is 0 Å². The number of carbonyl (C=O) groups excluding carboxylic acids is 1. The van der Waals surface area contributed by atoms with Gasteiger partial charge in [0.05, 0.1) is 12.7 Å². The number of hydrogen-bond donors (Lipinski definition) is 1. The van der Waals surface area contributed by atoms with Crippen molar-refractivity contribution in [3.63, 3.8) is 0 Å². The molecule has 0 radical (unpaired) electrons. The highest BCUT2D eigenvalue weighted by atomic mass is 32.2. The largest absolute Gasteiger partial charge is 0.465 e. The van der Waals surface area contributed by atoms with Gasteiger partial charge in [0.2, 0.25) is 0 Å². The lowest BCUT2D eigenvalue weighted by atomic mass is 10.2. The van der Waals surface area contributed by atoms with Crippen molar-refractivity contribution in [1.29, 1.82) is 5.26 Å². The van der Waals surface area contributed by atoms with Crippen molar-refractivity contribution >= 4 is 23.4 Å². The fourth-order valence-corrected chi connectivity index (χ4v) is 1.36. The molecule has 0 saturated carbocycles. The Morgan fingerprint density at radius 1 is 1.64 bits per heavy atom. The minimum absolute atomic E-state index is 0.285. The number of thioether (sulfide) groups is 1. The Bertz CT molecular complexity index is 398. The first-order chi connectivity index (χ1) is 6.69. The lowest BCUT2D eigenvalue weighted by molar-refractivity contribution is 0.0601. The molecule has 0 bridgehead atoms. The van der Waals surface area contributed by atoms with E-state index in [-0.39, 0.29) is 5.56 Å². The van der Waals surface area contributed by atoms with Crippen LogP contribution >= 0.6 is 11.8 Å². The molecule has 0 aliphatic carbocycles. The second-order valence-corrected chi connectivity index (χ2v) is 3.29. The van der Waals surface area contributed by atoms with E-state index >= 15 is 0 Å². The third kappa shape index (κ3) is 2.18. The van der Waals surface area contributed by atoms with Gasteiger partial charge in [-0.05, 0) is 30.0 Å². The summed E-state index contributed by atoms with van der Waals surface area (Å²) in [6.45, 7) is 0. The van der Waals surface area contributed by atoms with Gasteiger partial charge in [-0.2, -0.15) is 5.26 Å². The van der Waals surface area contributed by atoms with Gasteiger partial charge in [-0.3, -0.25) is 0 Å². The lowest BCUT2D eigenvalue weighted by Gasteiger charge is -2.04. The van der Waals surface area contributed by atoms with E-state index in [2.05, 4.69) is 4.74 Å². The zero-order valence-corrected chi connectivity index (χ0v) is 8.30. The molecule has 0 amide bonds. The molecule has 1 aromatic rings. The maximum Gasteiger partial charge on any atom is 0.339 e. The van der Waals surface area contributed by atoms with Crippen molar-refractivity contribution in [3.05, 3.63) is 23.8 Å². The average molecular weight is 208 g/mol. The van der Waals surface area contributed by atoms with Crippen LogP contribution in [0, 0.1) is 10.7 Å². The van der Waals surface area contributed by atoms with E-state index in [1.165, 1.54) is 13.2 Å². The number of anilines is 1. The molecule has 1 aromatic carbocycles. The number of methoxy groups -OCH3 is 1. The number of thiocyanates is 1. The first kappa shape index (κ1) is 10.4. The van der Waals surface area contributed by atoms with E-state index in [9.17, 15) is 4.79 Å². The van der Waals surface area contributed by atoms with Crippen molar-refractivity contribution in [2.24, 2.45) is 0 Å². The zero-order chi connectivity index (χ0) is 10.6. The van der Waals surface area contributed by atoms with Crippen LogP contribution in [-0.2, 0) is 4.74 Å². The SMILES string of the molecule is COC(=O)c1cc(SC#N)ccc1N. The topological polar surface area (TPSA) is 76.1 Å². The number of hydrogen-bond acceptors (Lipinski definition) is 5. The van der Waals surface area contributed by atoms with Gasteiger partial charge < -0.3 is 10.5 Å². The van der Waals surface area contributed by atoms with E-state index in [1.54, 1.807) is 12.1 Å². The van der Waals surface area contributed by atoms with Crippen LogP contribution < -0.4 is 5.73 Å². The van der Waals surface area contributed by atoms with E-state index in [0.29, 0.717) is 10.6 Å². The zero-order valence-electron chi connectivity index (χ0n) is 7.48. The van der Waals surface area contributed by atoms with Gasteiger partial charge in [-0.1, -0.05) is 0 Å². The molecule has 0 unspecified atom stereocenters. The number of rotatable bonds is 2. The normalized spacial score (nSPS) is 9.14. The van der Waals surface area contributed by atoms with Crippen LogP contribution in [0.4, 0.5) is 5.69 Å². The van der Waals surface area contributed by atoms with Crippen LogP contribution in [0.15, 0.2) is 23.1 Å². The maximum atomic E-state index is 11.2. The molecule has 72 valence electrons. The summed E-state index contributed by atoms with van der Waals surface area (Å²) in [6, 6.07) is 4.79. The van der Waals surface area contributed by atoms with E-state index in [1.807, 2.05) is 5.40 Å². The summed E-state index contributed by atoms with van der Waals surface area (Å²) < 4.78 is 4.54. The van der Waals surface area contributed by atoms with Crippen LogP contribution in [0.5, 0.6) is 0 Å². The van der Waals surface area contributed by atoms with Crippen LogP contribution in [-0.4, -0.2) is 13.1 Å². The summed E-state index contributed by atoms with van der Waals surface area (Å²) in [7, 11) is 1.28. The summed E-state index contributed by atoms with van der Waals surface area (Å²) in [5.74, 6) is -0.497. The number of nitrogens with two attached hydrogens (primary N) is 1. The molecular weight excluding hydrogens is 200 g/mol. The highest BCUT2D eigenvalue weighted by Crippen LogP contribution is 2.22. The highest BCUT2D eigenvalue weighted by Gasteiger charge is 2.10. The molecule has 4 nitrogen and oxygen atoms in total. The predicted octanol–water partition coefficient (Wildman–Crippen LogP) is 1.63. The first-order valence-corrected chi connectivity index (χ1v) is 4.54. The Hall–Kier alpha value is -1.67. The van der Waals surface area contributed by atoms with Crippen molar-refractivity contribution < 1.29 is 9.53 Å². The smallest absolute Gasteiger partial charge is 0.339 e. The molecule has 5 heteroatoms. The fourth-order valence-electron chi connectivity index (χ4n) is 0.938. The predicted molar refractivity (Wildman–Crippen MR) is 53.7 cm³/mol. The van der Waals surface area contributed by atoms with E-state index in [4.69, 9.17) is 11.0 Å². The minimum Gasteiger partial charge on any atom is -0.465 e. The fraction of sp³-hybridized carbons (Fsp3) is 0.111. The number of benzene rings is 1. The van der Waals surface area contributed by atoms with Crippen molar-refractivity contribution in [3.8, 4) is 5.40 Å². The Labute approximate surface area is 85.7 Å². The van der Waals surface area contributed by atoms with Gasteiger partial charge in [-0.15, -0.1) is 0 Å². The molecule has 0 saturated heterocycles. The van der Waals surface area contributed by atoms with Gasteiger partial charge in [0, 0.05) is 10.6 Å². The maximum absolute atomic E-state index is 11.2. The molecule has 1 rings (SSSR count). The number of carbonyl (C=O) groups is 1. The number of nitrogen functional groups attached to an aromatic ring is 1. The standard InChI is InChI=1S/C9H8N2O2S/c1-13-9(12)7-4-6(14-5-10)2-3-8(7)11/h2-4H,11H2,1H3. The summed E-state index contributed by atoms with van der Waals surface area (Å²) >= 11 is 0.968. The molecular formula is C9H8N2O2S. The summed E-state index contributed by atoms with van der Waals surface area (Å²) in [5, 5.41) is 10.4. The Morgan fingerprint density at radius 2 is 2.36 bits per heavy atom. The summed E-state index contributed by atoms with van der Waals surface area (Å²) in [6.07, 6.45) is 0. The Balaban J connectivity index is 3.09. The number of ether oxygens (including phenoxy) is 1. The molecule has 0 heterocycles. The molecule has 0 fully saturated rings. The van der Waals surface area contributed by atoms with E-state index < -0.39 is 5.97 Å². The molecule has 0 spiro atoms. The second kappa shape index (κ2) is 4.53. The van der Waals surface area contributed by atoms with Gasteiger partial charge in [-0.25, -0.2) is 4.79 Å². The average Bonchev–Trinajstić information content (AvgIpc) is 2.20. The first-order valence-electron chi connectivity index (χ1n) is 3.73. The third-order valence-corrected chi connectivity index (χ3v) is 2.17. The van der Waals surface area contributed by atoms with Gasteiger partial charge in [0.1, 0.15) is 5.40 Å². The number of nitriles is 1. The molecule has 0 aliphatic heterocycles. The van der Waals surface area contributed by atoms with Crippen LogP contribution in [0.25, 0.3) is 0 Å². The Kier molecular flexibility index (Phi) is 3.37. The van der Waals surface area contributed by atoms with Gasteiger partial charge in [0.25, 0.3) is 0 Å². The third-order valence-electron chi connectivity index (χ3n) is 1.59. The summed E-state index contributed by atoms with van der Waals surface area (Å²) in [5.41, 5.74) is 6.20.